The molecule has 0 bridgehead atoms. The minimum Gasteiger partial charge on any atom is -0.429 e. The maximum atomic E-state index is 13.7. The molecule has 9 heteroatoms. The van der Waals surface area contributed by atoms with E-state index in [0.29, 0.717) is 11.4 Å². The lowest BCUT2D eigenvalue weighted by molar-refractivity contribution is -0.138. The molecule has 0 N–H and O–H groups in total. The Bertz CT molecular complexity index is 881. The summed E-state index contributed by atoms with van der Waals surface area (Å²) in [5.41, 5.74) is -0.306. The summed E-state index contributed by atoms with van der Waals surface area (Å²) >= 11 is 0.943. The van der Waals surface area contributed by atoms with Crippen molar-refractivity contribution in [2.45, 2.75) is 58.5 Å². The standard InChI is InChI=1S/C20H25F3N4OS/c1-13-10-16(28-18-25-17(26-29-18)19(2,3)4)14(20(21,22)23)11-15(13)24-12-27-8-6-5-7-9-27/h10-12H,5-9H2,1-4H3/b24-12+. The van der Waals surface area contributed by atoms with Gasteiger partial charge in [0.25, 0.3) is 5.19 Å². The van der Waals surface area contributed by atoms with Gasteiger partial charge in [-0.05, 0) is 43.9 Å². The molecule has 0 amide bonds. The van der Waals surface area contributed by atoms with Crippen LogP contribution >= 0.6 is 11.5 Å². The highest BCUT2D eigenvalue weighted by atomic mass is 32.1. The Labute approximate surface area is 172 Å². The van der Waals surface area contributed by atoms with Gasteiger partial charge in [-0.25, -0.2) is 4.99 Å². The second-order valence-electron chi connectivity index (χ2n) is 8.21. The number of benzene rings is 1. The number of nitrogens with zero attached hydrogens (tertiary/aromatic N) is 4. The van der Waals surface area contributed by atoms with Crippen LogP contribution in [0.2, 0.25) is 0 Å². The number of alkyl halides is 3. The molecule has 0 spiro atoms. The molecule has 1 aliphatic rings. The molecule has 0 atom stereocenters. The number of rotatable bonds is 4. The van der Waals surface area contributed by atoms with Gasteiger partial charge in [0.15, 0.2) is 5.82 Å². The summed E-state index contributed by atoms with van der Waals surface area (Å²) in [6.45, 7) is 9.26. The van der Waals surface area contributed by atoms with Crippen molar-refractivity contribution in [3.63, 3.8) is 0 Å². The van der Waals surface area contributed by atoms with Crippen LogP contribution in [0.15, 0.2) is 17.1 Å². The zero-order valence-corrected chi connectivity index (χ0v) is 17.8. The monoisotopic (exact) mass is 426 g/mol. The third kappa shape index (κ3) is 5.46. The summed E-state index contributed by atoms with van der Waals surface area (Å²) in [5.74, 6) is 0.245. The Morgan fingerprint density at radius 1 is 1.14 bits per heavy atom. The van der Waals surface area contributed by atoms with Crippen LogP contribution in [-0.4, -0.2) is 33.7 Å². The summed E-state index contributed by atoms with van der Waals surface area (Å²) in [5, 5.41) is 0.0874. The second kappa shape index (κ2) is 8.30. The van der Waals surface area contributed by atoms with E-state index in [1.807, 2.05) is 25.7 Å². The van der Waals surface area contributed by atoms with Crippen LogP contribution in [0.1, 0.15) is 57.0 Å². The van der Waals surface area contributed by atoms with Crippen LogP contribution in [-0.2, 0) is 11.6 Å². The van der Waals surface area contributed by atoms with Gasteiger partial charge in [-0.3, -0.25) is 0 Å². The number of halogens is 3. The number of likely N-dealkylation sites (tertiary alicyclic amines) is 1. The van der Waals surface area contributed by atoms with Crippen molar-refractivity contribution < 1.29 is 17.9 Å². The second-order valence-corrected chi connectivity index (χ2v) is 8.92. The van der Waals surface area contributed by atoms with Crippen LogP contribution in [0, 0.1) is 6.92 Å². The average Bonchev–Trinajstić information content (AvgIpc) is 3.10. The van der Waals surface area contributed by atoms with Crippen molar-refractivity contribution >= 4 is 23.6 Å². The fourth-order valence-corrected chi connectivity index (χ4v) is 3.68. The molecule has 5 nitrogen and oxygen atoms in total. The van der Waals surface area contributed by atoms with Gasteiger partial charge in [0.05, 0.1) is 12.0 Å². The van der Waals surface area contributed by atoms with Gasteiger partial charge in [0, 0.05) is 30.0 Å². The number of piperidine rings is 1. The lowest BCUT2D eigenvalue weighted by atomic mass is 9.96. The van der Waals surface area contributed by atoms with E-state index in [1.54, 1.807) is 13.3 Å². The van der Waals surface area contributed by atoms with E-state index < -0.39 is 11.7 Å². The predicted molar refractivity (Wildman–Crippen MR) is 108 cm³/mol. The molecule has 0 unspecified atom stereocenters. The van der Waals surface area contributed by atoms with E-state index in [1.165, 1.54) is 12.5 Å². The summed E-state index contributed by atoms with van der Waals surface area (Å²) in [6.07, 6.45) is 0.392. The van der Waals surface area contributed by atoms with Crippen molar-refractivity contribution in [1.82, 2.24) is 14.3 Å². The zero-order chi connectivity index (χ0) is 21.2. The van der Waals surface area contributed by atoms with Crippen LogP contribution < -0.4 is 4.74 Å². The first-order valence-corrected chi connectivity index (χ1v) is 10.3. The predicted octanol–water partition coefficient (Wildman–Crippen LogP) is 6.10. The first-order valence-electron chi connectivity index (χ1n) is 9.56. The van der Waals surface area contributed by atoms with E-state index in [2.05, 4.69) is 14.3 Å². The maximum absolute atomic E-state index is 13.7. The van der Waals surface area contributed by atoms with E-state index in [9.17, 15) is 13.2 Å². The van der Waals surface area contributed by atoms with Gasteiger partial charge in [0.1, 0.15) is 11.3 Å². The van der Waals surface area contributed by atoms with Gasteiger partial charge in [-0.15, -0.1) is 0 Å². The maximum Gasteiger partial charge on any atom is 0.420 e. The fourth-order valence-electron chi connectivity index (χ4n) is 2.94. The van der Waals surface area contributed by atoms with Gasteiger partial charge >= 0.3 is 6.18 Å². The highest BCUT2D eigenvalue weighted by molar-refractivity contribution is 7.07. The molecule has 3 rings (SSSR count). The quantitative estimate of drug-likeness (QED) is 0.438. The zero-order valence-electron chi connectivity index (χ0n) is 17.0. The van der Waals surface area contributed by atoms with E-state index in [-0.39, 0.29) is 22.0 Å². The minimum atomic E-state index is -4.57. The Hall–Kier alpha value is -2.16. The van der Waals surface area contributed by atoms with E-state index in [4.69, 9.17) is 4.74 Å². The number of aryl methyl sites for hydroxylation is 1. The molecule has 1 aliphatic heterocycles. The van der Waals surface area contributed by atoms with Crippen LogP contribution in [0.5, 0.6) is 10.9 Å². The fraction of sp³-hybridized carbons (Fsp3) is 0.550. The summed E-state index contributed by atoms with van der Waals surface area (Å²) in [4.78, 5) is 10.6. The number of ether oxygens (including phenoxy) is 1. The first-order chi connectivity index (χ1) is 13.5. The Morgan fingerprint density at radius 3 is 2.41 bits per heavy atom. The lowest BCUT2D eigenvalue weighted by Crippen LogP contribution is -2.28. The molecular formula is C20H25F3N4OS. The van der Waals surface area contributed by atoms with Crippen LogP contribution in [0.3, 0.4) is 0 Å². The molecule has 1 aromatic heterocycles. The van der Waals surface area contributed by atoms with Gasteiger partial charge < -0.3 is 9.64 Å². The average molecular weight is 427 g/mol. The Kier molecular flexibility index (Phi) is 6.16. The molecule has 1 saturated heterocycles. The van der Waals surface area contributed by atoms with Gasteiger partial charge in [-0.2, -0.15) is 22.5 Å². The SMILES string of the molecule is Cc1cc(Oc2nc(C(C)(C)C)ns2)c(C(F)(F)F)cc1/N=C/N1CCCCC1. The summed E-state index contributed by atoms with van der Waals surface area (Å²) in [7, 11) is 0. The molecule has 158 valence electrons. The largest absolute Gasteiger partial charge is 0.429 e. The summed E-state index contributed by atoms with van der Waals surface area (Å²) < 4.78 is 50.7. The number of aliphatic imine (C=N–C) groups is 1. The highest BCUT2D eigenvalue weighted by Crippen LogP contribution is 2.42. The molecule has 29 heavy (non-hydrogen) atoms. The van der Waals surface area contributed by atoms with Crippen LogP contribution in [0.25, 0.3) is 0 Å². The molecule has 0 radical (unpaired) electrons. The normalized spacial score (nSPS) is 15.9. The molecule has 1 aromatic carbocycles. The van der Waals surface area contributed by atoms with Crippen molar-refractivity contribution in [2.75, 3.05) is 13.1 Å². The van der Waals surface area contributed by atoms with Crippen molar-refractivity contribution in [1.29, 1.82) is 0 Å². The number of hydrogen-bond acceptors (Lipinski definition) is 5. The minimum absolute atomic E-state index is 0.0874. The molecule has 0 aliphatic carbocycles. The Morgan fingerprint density at radius 2 is 1.83 bits per heavy atom. The van der Waals surface area contributed by atoms with Crippen molar-refractivity contribution in [2.24, 2.45) is 4.99 Å². The third-order valence-electron chi connectivity index (χ3n) is 4.63. The molecule has 0 saturated carbocycles. The summed E-state index contributed by atoms with van der Waals surface area (Å²) in [6, 6.07) is 2.40. The lowest BCUT2D eigenvalue weighted by Gasteiger charge is -2.24. The number of aromatic nitrogens is 2. The number of hydrogen-bond donors (Lipinski definition) is 0. The van der Waals surface area contributed by atoms with Crippen molar-refractivity contribution in [3.05, 3.63) is 29.1 Å². The highest BCUT2D eigenvalue weighted by Gasteiger charge is 2.36. The third-order valence-corrected chi connectivity index (χ3v) is 5.22. The van der Waals surface area contributed by atoms with Crippen molar-refractivity contribution in [3.8, 4) is 10.9 Å². The first kappa shape index (κ1) is 21.5. The Balaban J connectivity index is 1.90. The van der Waals surface area contributed by atoms with Gasteiger partial charge in [-0.1, -0.05) is 20.8 Å². The molecule has 2 aromatic rings. The van der Waals surface area contributed by atoms with Gasteiger partial charge in [0.2, 0.25) is 0 Å². The molecule has 2 heterocycles. The van der Waals surface area contributed by atoms with E-state index >= 15 is 0 Å². The molecule has 1 fully saturated rings. The molecular weight excluding hydrogens is 401 g/mol. The topological polar surface area (TPSA) is 50.6 Å². The van der Waals surface area contributed by atoms with Crippen LogP contribution in [0.4, 0.5) is 18.9 Å². The smallest absolute Gasteiger partial charge is 0.420 e. The van der Waals surface area contributed by atoms with E-state index in [0.717, 1.165) is 43.5 Å².